The molecule has 1 aromatic heterocycles. The van der Waals surface area contributed by atoms with Crippen LogP contribution in [0.1, 0.15) is 17.2 Å². The molecule has 0 saturated carbocycles. The molecular weight excluding hydrogens is 237 g/mol. The van der Waals surface area contributed by atoms with Gasteiger partial charge in [0.25, 0.3) is 0 Å². The van der Waals surface area contributed by atoms with Gasteiger partial charge in [0, 0.05) is 11.8 Å². The van der Waals surface area contributed by atoms with E-state index in [1.807, 2.05) is 0 Å². The summed E-state index contributed by atoms with van der Waals surface area (Å²) in [5, 5.41) is 9.67. The Morgan fingerprint density at radius 2 is 2.18 bits per heavy atom. The zero-order chi connectivity index (χ0) is 13.1. The summed E-state index contributed by atoms with van der Waals surface area (Å²) < 4.78 is 39.8. The van der Waals surface area contributed by atoms with Crippen molar-refractivity contribution in [2.45, 2.75) is 19.2 Å². The molecule has 4 nitrogen and oxygen atoms in total. The SMILES string of the molecule is Cc1ccnc(N)c1C(O)COCC(F)(F)F. The summed E-state index contributed by atoms with van der Waals surface area (Å²) in [6, 6.07) is 1.61. The van der Waals surface area contributed by atoms with Crippen LogP contribution < -0.4 is 5.73 Å². The number of aromatic nitrogens is 1. The lowest BCUT2D eigenvalue weighted by Crippen LogP contribution is -2.20. The molecule has 0 aromatic carbocycles. The Balaban J connectivity index is 2.61. The fourth-order valence-electron chi connectivity index (χ4n) is 1.39. The van der Waals surface area contributed by atoms with Crippen LogP contribution >= 0.6 is 0 Å². The van der Waals surface area contributed by atoms with Gasteiger partial charge < -0.3 is 15.6 Å². The predicted molar refractivity (Wildman–Crippen MR) is 55.2 cm³/mol. The van der Waals surface area contributed by atoms with Gasteiger partial charge in [-0.05, 0) is 18.6 Å². The molecule has 0 aliphatic carbocycles. The highest BCUT2D eigenvalue weighted by molar-refractivity contribution is 5.45. The third-order valence-corrected chi connectivity index (χ3v) is 2.11. The van der Waals surface area contributed by atoms with Crippen LogP contribution in [0.2, 0.25) is 0 Å². The Labute approximate surface area is 96.2 Å². The molecule has 0 saturated heterocycles. The zero-order valence-electron chi connectivity index (χ0n) is 9.16. The monoisotopic (exact) mass is 250 g/mol. The first-order valence-corrected chi connectivity index (χ1v) is 4.85. The van der Waals surface area contributed by atoms with Crippen LogP contribution in [0, 0.1) is 6.92 Å². The minimum atomic E-state index is -4.41. The molecule has 96 valence electrons. The third kappa shape index (κ3) is 4.20. The largest absolute Gasteiger partial charge is 0.411 e. The van der Waals surface area contributed by atoms with Crippen LogP contribution in [0.3, 0.4) is 0 Å². The number of aryl methyl sites for hydroxylation is 1. The van der Waals surface area contributed by atoms with E-state index in [1.165, 1.54) is 6.20 Å². The summed E-state index contributed by atoms with van der Waals surface area (Å²) in [7, 11) is 0. The average Bonchev–Trinajstić information content (AvgIpc) is 2.15. The molecule has 7 heteroatoms. The minimum Gasteiger partial charge on any atom is -0.386 e. The maximum atomic E-state index is 11.8. The van der Waals surface area contributed by atoms with E-state index in [-0.39, 0.29) is 5.82 Å². The molecule has 17 heavy (non-hydrogen) atoms. The lowest BCUT2D eigenvalue weighted by molar-refractivity contribution is -0.179. The lowest BCUT2D eigenvalue weighted by atomic mass is 10.1. The summed E-state index contributed by atoms with van der Waals surface area (Å²) in [6.45, 7) is -0.195. The van der Waals surface area contributed by atoms with Crippen LogP contribution in [-0.2, 0) is 4.74 Å². The lowest BCUT2D eigenvalue weighted by Gasteiger charge is -2.16. The highest BCUT2D eigenvalue weighted by atomic mass is 19.4. The average molecular weight is 250 g/mol. The smallest absolute Gasteiger partial charge is 0.386 e. The molecule has 3 N–H and O–H groups in total. The van der Waals surface area contributed by atoms with E-state index in [1.54, 1.807) is 13.0 Å². The molecule has 0 aliphatic rings. The topological polar surface area (TPSA) is 68.4 Å². The van der Waals surface area contributed by atoms with Gasteiger partial charge in [-0.25, -0.2) is 4.98 Å². The summed E-state index contributed by atoms with van der Waals surface area (Å²) in [5.74, 6) is 0.0908. The first-order valence-electron chi connectivity index (χ1n) is 4.85. The van der Waals surface area contributed by atoms with Crippen LogP contribution in [-0.4, -0.2) is 29.5 Å². The van der Waals surface area contributed by atoms with Gasteiger partial charge in [-0.1, -0.05) is 0 Å². The summed E-state index contributed by atoms with van der Waals surface area (Å²) in [6.07, 6.45) is -4.17. The second-order valence-corrected chi connectivity index (χ2v) is 3.57. The Morgan fingerprint density at radius 1 is 1.53 bits per heavy atom. The van der Waals surface area contributed by atoms with Gasteiger partial charge >= 0.3 is 6.18 Å². The molecular formula is C10H13F3N2O2. The van der Waals surface area contributed by atoms with Crippen molar-refractivity contribution < 1.29 is 23.0 Å². The van der Waals surface area contributed by atoms with E-state index >= 15 is 0 Å². The molecule has 0 spiro atoms. The number of aliphatic hydroxyl groups is 1. The number of rotatable bonds is 4. The van der Waals surface area contributed by atoms with E-state index in [4.69, 9.17) is 5.73 Å². The van der Waals surface area contributed by atoms with Crippen molar-refractivity contribution in [3.05, 3.63) is 23.4 Å². The Hall–Kier alpha value is -1.34. The summed E-state index contributed by atoms with van der Waals surface area (Å²) >= 11 is 0. The van der Waals surface area contributed by atoms with Crippen molar-refractivity contribution >= 4 is 5.82 Å². The van der Waals surface area contributed by atoms with Gasteiger partial charge in [0.1, 0.15) is 18.5 Å². The molecule has 0 aliphatic heterocycles. The number of nitrogens with zero attached hydrogens (tertiary/aromatic N) is 1. The number of hydrogen-bond donors (Lipinski definition) is 2. The number of ether oxygens (including phenoxy) is 1. The molecule has 1 unspecified atom stereocenters. The number of aliphatic hydroxyl groups excluding tert-OH is 1. The predicted octanol–water partition coefficient (Wildman–Crippen LogP) is 1.58. The van der Waals surface area contributed by atoms with E-state index in [2.05, 4.69) is 9.72 Å². The summed E-state index contributed by atoms with van der Waals surface area (Å²) in [5.41, 5.74) is 6.48. The van der Waals surface area contributed by atoms with E-state index in [0.717, 1.165) is 0 Å². The number of hydrogen-bond acceptors (Lipinski definition) is 4. The maximum Gasteiger partial charge on any atom is 0.411 e. The zero-order valence-corrected chi connectivity index (χ0v) is 9.16. The summed E-state index contributed by atoms with van der Waals surface area (Å²) in [4.78, 5) is 3.76. The Morgan fingerprint density at radius 3 is 2.71 bits per heavy atom. The number of pyridine rings is 1. The number of halogens is 3. The maximum absolute atomic E-state index is 11.8. The molecule has 0 amide bonds. The molecule has 1 atom stereocenters. The fraction of sp³-hybridized carbons (Fsp3) is 0.500. The number of nitrogen functional groups attached to an aromatic ring is 1. The van der Waals surface area contributed by atoms with Crippen LogP contribution in [0.5, 0.6) is 0 Å². The fourth-order valence-corrected chi connectivity index (χ4v) is 1.39. The van der Waals surface area contributed by atoms with Crippen molar-refractivity contribution in [1.82, 2.24) is 4.98 Å². The Bertz CT molecular complexity index is 362. The molecule has 1 aromatic rings. The molecule has 1 heterocycles. The highest BCUT2D eigenvalue weighted by Gasteiger charge is 2.28. The molecule has 1 rings (SSSR count). The van der Waals surface area contributed by atoms with E-state index < -0.39 is 25.5 Å². The van der Waals surface area contributed by atoms with Crippen molar-refractivity contribution in [2.24, 2.45) is 0 Å². The second-order valence-electron chi connectivity index (χ2n) is 3.57. The molecule has 0 radical (unpaired) electrons. The van der Waals surface area contributed by atoms with Crippen molar-refractivity contribution in [3.8, 4) is 0 Å². The van der Waals surface area contributed by atoms with Gasteiger partial charge in [0.05, 0.1) is 6.61 Å². The van der Waals surface area contributed by atoms with Crippen LogP contribution in [0.15, 0.2) is 12.3 Å². The highest BCUT2D eigenvalue weighted by Crippen LogP contribution is 2.23. The first-order chi connectivity index (χ1) is 7.81. The van der Waals surface area contributed by atoms with E-state index in [0.29, 0.717) is 11.1 Å². The van der Waals surface area contributed by atoms with Crippen molar-refractivity contribution in [1.29, 1.82) is 0 Å². The van der Waals surface area contributed by atoms with E-state index in [9.17, 15) is 18.3 Å². The number of alkyl halides is 3. The number of nitrogens with two attached hydrogens (primary N) is 1. The standard InChI is InChI=1S/C10H13F3N2O2/c1-6-2-3-15-9(14)8(6)7(16)4-17-5-10(11,12)13/h2-3,7,16H,4-5H2,1H3,(H2,14,15). The quantitative estimate of drug-likeness (QED) is 0.851. The molecule has 0 bridgehead atoms. The van der Waals surface area contributed by atoms with Crippen LogP contribution in [0.4, 0.5) is 19.0 Å². The first kappa shape index (κ1) is 13.7. The van der Waals surface area contributed by atoms with Crippen molar-refractivity contribution in [3.63, 3.8) is 0 Å². The van der Waals surface area contributed by atoms with Gasteiger partial charge in [-0.15, -0.1) is 0 Å². The molecule has 0 fully saturated rings. The Kier molecular flexibility index (Phi) is 4.30. The minimum absolute atomic E-state index is 0.0908. The van der Waals surface area contributed by atoms with Gasteiger partial charge in [0.2, 0.25) is 0 Å². The van der Waals surface area contributed by atoms with Gasteiger partial charge in [0.15, 0.2) is 0 Å². The second kappa shape index (κ2) is 5.33. The van der Waals surface area contributed by atoms with Gasteiger partial charge in [-0.3, -0.25) is 0 Å². The van der Waals surface area contributed by atoms with Crippen molar-refractivity contribution in [2.75, 3.05) is 18.9 Å². The van der Waals surface area contributed by atoms with Crippen LogP contribution in [0.25, 0.3) is 0 Å². The van der Waals surface area contributed by atoms with Gasteiger partial charge in [-0.2, -0.15) is 13.2 Å². The number of anilines is 1. The third-order valence-electron chi connectivity index (χ3n) is 2.11. The normalized spacial score (nSPS) is 13.7.